The Bertz CT molecular complexity index is 727. The standard InChI is InChI=1S/C18H13I/c19-13-12-18-16-9-5-4-8-15(16)10-11-17(18)14-6-2-1-3-7-14/h1-13H/b13-12+. The molecular weight excluding hydrogens is 343 g/mol. The van der Waals surface area contributed by atoms with Gasteiger partial charge in [-0.2, -0.15) is 0 Å². The lowest BCUT2D eigenvalue weighted by Crippen LogP contribution is -1.85. The molecule has 0 N–H and O–H groups in total. The highest BCUT2D eigenvalue weighted by Crippen LogP contribution is 2.31. The van der Waals surface area contributed by atoms with Crippen LogP contribution in [0.25, 0.3) is 28.0 Å². The van der Waals surface area contributed by atoms with Gasteiger partial charge in [-0.25, -0.2) is 0 Å². The van der Waals surface area contributed by atoms with Crippen molar-refractivity contribution in [3.8, 4) is 11.1 Å². The quantitative estimate of drug-likeness (QED) is 0.501. The molecule has 3 aromatic rings. The summed E-state index contributed by atoms with van der Waals surface area (Å²) in [6.45, 7) is 0. The lowest BCUT2D eigenvalue weighted by atomic mass is 9.94. The normalized spacial score (nSPS) is 11.2. The summed E-state index contributed by atoms with van der Waals surface area (Å²) in [6, 6.07) is 23.5. The van der Waals surface area contributed by atoms with Gasteiger partial charge in [0.05, 0.1) is 0 Å². The number of hydrogen-bond acceptors (Lipinski definition) is 0. The molecular formula is C18H13I. The van der Waals surface area contributed by atoms with Crippen molar-refractivity contribution in [1.82, 2.24) is 0 Å². The summed E-state index contributed by atoms with van der Waals surface area (Å²) in [6.07, 6.45) is 2.19. The fourth-order valence-corrected chi connectivity index (χ4v) is 2.77. The van der Waals surface area contributed by atoms with Gasteiger partial charge in [-0.15, -0.1) is 0 Å². The Morgan fingerprint density at radius 2 is 1.47 bits per heavy atom. The number of hydrogen-bond donors (Lipinski definition) is 0. The number of rotatable bonds is 2. The number of fused-ring (bicyclic) bond motifs is 1. The van der Waals surface area contributed by atoms with E-state index in [-0.39, 0.29) is 0 Å². The van der Waals surface area contributed by atoms with E-state index in [0.29, 0.717) is 0 Å². The molecule has 0 aliphatic carbocycles. The van der Waals surface area contributed by atoms with E-state index in [1.54, 1.807) is 0 Å². The smallest absolute Gasteiger partial charge is 0.00949 e. The van der Waals surface area contributed by atoms with Gasteiger partial charge in [-0.3, -0.25) is 0 Å². The van der Waals surface area contributed by atoms with E-state index in [4.69, 9.17) is 0 Å². The molecule has 0 saturated heterocycles. The third-order valence-corrected chi connectivity index (χ3v) is 3.64. The molecule has 0 nitrogen and oxygen atoms in total. The van der Waals surface area contributed by atoms with Crippen molar-refractivity contribution in [1.29, 1.82) is 0 Å². The van der Waals surface area contributed by atoms with Gasteiger partial charge in [0.25, 0.3) is 0 Å². The first kappa shape index (κ1) is 12.4. The minimum Gasteiger partial charge on any atom is -0.0622 e. The van der Waals surface area contributed by atoms with E-state index in [1.807, 2.05) is 0 Å². The van der Waals surface area contributed by atoms with Crippen LogP contribution in [0, 0.1) is 0 Å². The highest BCUT2D eigenvalue weighted by molar-refractivity contribution is 14.1. The average molecular weight is 356 g/mol. The largest absolute Gasteiger partial charge is 0.0622 e. The van der Waals surface area contributed by atoms with Crippen LogP contribution in [0.5, 0.6) is 0 Å². The first-order valence-electron chi connectivity index (χ1n) is 6.24. The summed E-state index contributed by atoms with van der Waals surface area (Å²) in [4.78, 5) is 0. The molecule has 3 rings (SSSR count). The second kappa shape index (κ2) is 5.57. The fraction of sp³-hybridized carbons (Fsp3) is 0. The third-order valence-electron chi connectivity index (χ3n) is 3.29. The van der Waals surface area contributed by atoms with Crippen LogP contribution < -0.4 is 0 Å². The molecule has 0 saturated carbocycles. The fourth-order valence-electron chi connectivity index (χ4n) is 2.41. The van der Waals surface area contributed by atoms with Crippen molar-refractivity contribution >= 4 is 39.4 Å². The third kappa shape index (κ3) is 2.43. The Balaban J connectivity index is 2.33. The van der Waals surface area contributed by atoms with Crippen LogP contribution in [0.3, 0.4) is 0 Å². The first-order chi connectivity index (χ1) is 9.40. The molecule has 0 heterocycles. The first-order valence-corrected chi connectivity index (χ1v) is 7.48. The molecule has 0 radical (unpaired) electrons. The Labute approximate surface area is 126 Å². The summed E-state index contributed by atoms with van der Waals surface area (Å²) in [7, 11) is 0. The highest BCUT2D eigenvalue weighted by Gasteiger charge is 2.06. The Kier molecular flexibility index (Phi) is 3.65. The van der Waals surface area contributed by atoms with Gasteiger partial charge in [-0.1, -0.05) is 89.3 Å². The van der Waals surface area contributed by atoms with Gasteiger partial charge >= 0.3 is 0 Å². The van der Waals surface area contributed by atoms with Crippen LogP contribution in [-0.2, 0) is 0 Å². The maximum Gasteiger partial charge on any atom is -0.00949 e. The van der Waals surface area contributed by atoms with Crippen LogP contribution >= 0.6 is 22.6 Å². The lowest BCUT2D eigenvalue weighted by molar-refractivity contribution is 1.62. The molecule has 92 valence electrons. The molecule has 1 heteroatoms. The molecule has 3 aromatic carbocycles. The SMILES string of the molecule is I/C=C/c1c(-c2ccccc2)ccc2ccccc12. The molecule has 0 bridgehead atoms. The number of benzene rings is 3. The van der Waals surface area contributed by atoms with Gasteiger partial charge in [0.1, 0.15) is 0 Å². The van der Waals surface area contributed by atoms with Gasteiger partial charge < -0.3 is 0 Å². The van der Waals surface area contributed by atoms with E-state index in [2.05, 4.69) is 99.5 Å². The molecule has 0 spiro atoms. The molecule has 19 heavy (non-hydrogen) atoms. The lowest BCUT2D eigenvalue weighted by Gasteiger charge is -2.10. The summed E-state index contributed by atoms with van der Waals surface area (Å²) in [5.74, 6) is 0. The van der Waals surface area contributed by atoms with E-state index in [1.165, 1.54) is 27.5 Å². The Hall–Kier alpha value is -1.61. The molecule has 0 aliphatic heterocycles. The summed E-state index contributed by atoms with van der Waals surface area (Å²) >= 11 is 2.28. The zero-order chi connectivity index (χ0) is 13.1. The zero-order valence-electron chi connectivity index (χ0n) is 10.4. The second-order valence-electron chi connectivity index (χ2n) is 4.41. The van der Waals surface area contributed by atoms with Crippen molar-refractivity contribution in [3.05, 3.63) is 76.4 Å². The zero-order valence-corrected chi connectivity index (χ0v) is 12.5. The molecule has 0 aliphatic rings. The van der Waals surface area contributed by atoms with Gasteiger partial charge in [0.2, 0.25) is 0 Å². The molecule has 0 amide bonds. The van der Waals surface area contributed by atoms with Crippen LogP contribution in [0.2, 0.25) is 0 Å². The van der Waals surface area contributed by atoms with Crippen molar-refractivity contribution in [3.63, 3.8) is 0 Å². The van der Waals surface area contributed by atoms with Gasteiger partial charge in [0.15, 0.2) is 0 Å². The molecule has 0 fully saturated rings. The molecule has 0 unspecified atom stereocenters. The molecule has 0 aromatic heterocycles. The monoisotopic (exact) mass is 356 g/mol. The number of halogens is 1. The Morgan fingerprint density at radius 3 is 2.26 bits per heavy atom. The van der Waals surface area contributed by atoms with E-state index < -0.39 is 0 Å². The minimum absolute atomic E-state index is 1.26. The Morgan fingerprint density at radius 1 is 0.737 bits per heavy atom. The van der Waals surface area contributed by atoms with Crippen molar-refractivity contribution in [2.75, 3.05) is 0 Å². The highest BCUT2D eigenvalue weighted by atomic mass is 127. The minimum atomic E-state index is 1.26. The van der Waals surface area contributed by atoms with Crippen LogP contribution in [0.1, 0.15) is 5.56 Å². The maximum absolute atomic E-state index is 2.28. The maximum atomic E-state index is 2.28. The topological polar surface area (TPSA) is 0 Å². The van der Waals surface area contributed by atoms with Crippen molar-refractivity contribution in [2.45, 2.75) is 0 Å². The predicted molar refractivity (Wildman–Crippen MR) is 92.4 cm³/mol. The van der Waals surface area contributed by atoms with Gasteiger partial charge in [0, 0.05) is 0 Å². The van der Waals surface area contributed by atoms with E-state index >= 15 is 0 Å². The van der Waals surface area contributed by atoms with Crippen LogP contribution in [0.15, 0.2) is 70.8 Å². The summed E-state index contributed by atoms with van der Waals surface area (Å²) in [5, 5.41) is 2.59. The average Bonchev–Trinajstić information content (AvgIpc) is 2.49. The van der Waals surface area contributed by atoms with Crippen LogP contribution in [0.4, 0.5) is 0 Å². The van der Waals surface area contributed by atoms with E-state index in [0.717, 1.165) is 0 Å². The second-order valence-corrected chi connectivity index (χ2v) is 5.13. The predicted octanol–water partition coefficient (Wildman–Crippen LogP) is 5.91. The van der Waals surface area contributed by atoms with Crippen molar-refractivity contribution in [2.24, 2.45) is 0 Å². The van der Waals surface area contributed by atoms with Crippen LogP contribution in [-0.4, -0.2) is 0 Å². The van der Waals surface area contributed by atoms with Gasteiger partial charge in [-0.05, 0) is 37.6 Å². The summed E-state index contributed by atoms with van der Waals surface area (Å²) in [5.41, 5.74) is 3.84. The van der Waals surface area contributed by atoms with E-state index in [9.17, 15) is 0 Å². The molecule has 0 atom stereocenters. The summed E-state index contributed by atoms with van der Waals surface area (Å²) < 4.78 is 2.08. The van der Waals surface area contributed by atoms with Crippen molar-refractivity contribution < 1.29 is 0 Å².